The summed E-state index contributed by atoms with van der Waals surface area (Å²) >= 11 is 7.57. The van der Waals surface area contributed by atoms with Gasteiger partial charge in [-0.2, -0.15) is 11.8 Å². The molecule has 0 aromatic heterocycles. The maximum atomic E-state index is 11.9. The monoisotopic (exact) mass is 335 g/mol. The van der Waals surface area contributed by atoms with Crippen molar-refractivity contribution in [3.8, 4) is 5.75 Å². The third kappa shape index (κ3) is 5.62. The van der Waals surface area contributed by atoms with Crippen LogP contribution in [0.1, 0.15) is 12.0 Å². The second-order valence-electron chi connectivity index (χ2n) is 4.73. The molecule has 0 spiro atoms. The Morgan fingerprint density at radius 3 is 2.45 bits per heavy atom. The Morgan fingerprint density at radius 1 is 1.14 bits per heavy atom. The van der Waals surface area contributed by atoms with Gasteiger partial charge >= 0.3 is 0 Å². The van der Waals surface area contributed by atoms with Gasteiger partial charge in [0.2, 0.25) is 5.91 Å². The zero-order chi connectivity index (χ0) is 15.8. The molecule has 0 fully saturated rings. The molecule has 0 aliphatic rings. The van der Waals surface area contributed by atoms with Gasteiger partial charge in [-0.1, -0.05) is 23.7 Å². The number of ether oxygens (including phenoxy) is 1. The summed E-state index contributed by atoms with van der Waals surface area (Å²) in [6, 6.07) is 15.0. The van der Waals surface area contributed by atoms with Gasteiger partial charge in [0.25, 0.3) is 0 Å². The predicted molar refractivity (Wildman–Crippen MR) is 93.9 cm³/mol. The van der Waals surface area contributed by atoms with Crippen LogP contribution in [0.2, 0.25) is 5.02 Å². The Labute approximate surface area is 140 Å². The second kappa shape index (κ2) is 8.71. The number of hydrogen-bond donors (Lipinski definition) is 1. The average molecular weight is 336 g/mol. The molecule has 0 unspecified atom stereocenters. The molecule has 3 nitrogen and oxygen atoms in total. The van der Waals surface area contributed by atoms with Gasteiger partial charge < -0.3 is 10.1 Å². The van der Waals surface area contributed by atoms with Crippen molar-refractivity contribution < 1.29 is 9.53 Å². The molecule has 0 saturated heterocycles. The van der Waals surface area contributed by atoms with Crippen LogP contribution >= 0.6 is 23.4 Å². The molecule has 2 rings (SSSR count). The highest BCUT2D eigenvalue weighted by atomic mass is 35.5. The maximum Gasteiger partial charge on any atom is 0.227 e. The van der Waals surface area contributed by atoms with E-state index < -0.39 is 0 Å². The third-order valence-electron chi connectivity index (χ3n) is 2.96. The van der Waals surface area contributed by atoms with E-state index in [1.807, 2.05) is 24.3 Å². The normalized spacial score (nSPS) is 10.3. The quantitative estimate of drug-likeness (QED) is 0.803. The number of halogens is 1. The van der Waals surface area contributed by atoms with Crippen molar-refractivity contribution in [3.63, 3.8) is 0 Å². The number of carbonyl (C=O) groups excluding carboxylic acids is 1. The van der Waals surface area contributed by atoms with E-state index in [9.17, 15) is 4.79 Å². The Morgan fingerprint density at radius 2 is 1.82 bits per heavy atom. The van der Waals surface area contributed by atoms with E-state index in [0.29, 0.717) is 23.8 Å². The fourth-order valence-electron chi connectivity index (χ4n) is 1.87. The molecular formula is C17H18ClNO2S. The molecule has 1 amide bonds. The van der Waals surface area contributed by atoms with Crippen molar-refractivity contribution in [1.29, 1.82) is 0 Å². The standard InChI is InChI=1S/C17H18ClNO2S/c1-22-12-13-2-6-15(7-3-13)19-17(20)10-11-21-16-8-4-14(18)5-9-16/h2-9H,10-12H2,1H3,(H,19,20). The molecule has 2 aromatic carbocycles. The average Bonchev–Trinajstić information content (AvgIpc) is 2.51. The van der Waals surface area contributed by atoms with Crippen LogP contribution in [0.3, 0.4) is 0 Å². The summed E-state index contributed by atoms with van der Waals surface area (Å²) < 4.78 is 5.50. The largest absolute Gasteiger partial charge is 0.493 e. The molecule has 1 N–H and O–H groups in total. The second-order valence-corrected chi connectivity index (χ2v) is 6.03. The first kappa shape index (κ1) is 16.7. The van der Waals surface area contributed by atoms with E-state index in [1.54, 1.807) is 36.0 Å². The number of hydrogen-bond acceptors (Lipinski definition) is 3. The summed E-state index contributed by atoms with van der Waals surface area (Å²) in [6.07, 6.45) is 2.37. The van der Waals surface area contributed by atoms with Crippen LogP contribution in [-0.4, -0.2) is 18.8 Å². The number of rotatable bonds is 7. The van der Waals surface area contributed by atoms with Crippen molar-refractivity contribution in [2.24, 2.45) is 0 Å². The molecule has 5 heteroatoms. The minimum absolute atomic E-state index is 0.0634. The Bertz CT molecular complexity index is 599. The lowest BCUT2D eigenvalue weighted by molar-refractivity contribution is -0.116. The predicted octanol–water partition coefficient (Wildman–Crippen LogP) is 4.61. The van der Waals surface area contributed by atoms with Gasteiger partial charge in [0.15, 0.2) is 0 Å². The van der Waals surface area contributed by atoms with E-state index in [0.717, 1.165) is 11.4 Å². The topological polar surface area (TPSA) is 38.3 Å². The molecular weight excluding hydrogens is 318 g/mol. The summed E-state index contributed by atoms with van der Waals surface area (Å²) in [7, 11) is 0. The van der Waals surface area contributed by atoms with Crippen molar-refractivity contribution >= 4 is 35.0 Å². The molecule has 0 saturated carbocycles. The van der Waals surface area contributed by atoms with E-state index in [2.05, 4.69) is 11.6 Å². The lowest BCUT2D eigenvalue weighted by Gasteiger charge is -2.08. The molecule has 0 radical (unpaired) electrons. The minimum atomic E-state index is -0.0634. The molecule has 0 bridgehead atoms. The Balaban J connectivity index is 1.74. The minimum Gasteiger partial charge on any atom is -0.493 e. The first-order chi connectivity index (χ1) is 10.7. The van der Waals surface area contributed by atoms with E-state index in [-0.39, 0.29) is 5.91 Å². The summed E-state index contributed by atoms with van der Waals surface area (Å²) in [6.45, 7) is 0.331. The van der Waals surface area contributed by atoms with Gasteiger partial charge in [0.05, 0.1) is 13.0 Å². The van der Waals surface area contributed by atoms with Crippen molar-refractivity contribution in [3.05, 3.63) is 59.1 Å². The van der Waals surface area contributed by atoms with Gasteiger partial charge in [-0.3, -0.25) is 4.79 Å². The first-order valence-electron chi connectivity index (χ1n) is 6.93. The third-order valence-corrected chi connectivity index (χ3v) is 3.83. The highest BCUT2D eigenvalue weighted by molar-refractivity contribution is 7.97. The van der Waals surface area contributed by atoms with Gasteiger partial charge in [-0.25, -0.2) is 0 Å². The van der Waals surface area contributed by atoms with Crippen LogP contribution in [-0.2, 0) is 10.5 Å². The van der Waals surface area contributed by atoms with Crippen molar-refractivity contribution in [2.45, 2.75) is 12.2 Å². The van der Waals surface area contributed by atoms with Crippen LogP contribution in [0.25, 0.3) is 0 Å². The van der Waals surface area contributed by atoms with Crippen LogP contribution in [0.4, 0.5) is 5.69 Å². The van der Waals surface area contributed by atoms with E-state index >= 15 is 0 Å². The highest BCUT2D eigenvalue weighted by Gasteiger charge is 2.03. The molecule has 0 heterocycles. The number of benzene rings is 2. The van der Waals surface area contributed by atoms with E-state index in [4.69, 9.17) is 16.3 Å². The zero-order valence-electron chi connectivity index (χ0n) is 12.3. The highest BCUT2D eigenvalue weighted by Crippen LogP contribution is 2.16. The molecule has 0 atom stereocenters. The Hall–Kier alpha value is -1.65. The smallest absolute Gasteiger partial charge is 0.227 e. The fraction of sp³-hybridized carbons (Fsp3) is 0.235. The van der Waals surface area contributed by atoms with Gasteiger partial charge in [0.1, 0.15) is 5.75 Å². The SMILES string of the molecule is CSCc1ccc(NC(=O)CCOc2ccc(Cl)cc2)cc1. The number of anilines is 1. The number of nitrogens with one attached hydrogen (secondary N) is 1. The molecule has 116 valence electrons. The van der Waals surface area contributed by atoms with Gasteiger partial charge in [-0.15, -0.1) is 0 Å². The number of carbonyl (C=O) groups is 1. The number of amides is 1. The van der Waals surface area contributed by atoms with Crippen LogP contribution in [0.5, 0.6) is 5.75 Å². The van der Waals surface area contributed by atoms with Crippen LogP contribution < -0.4 is 10.1 Å². The van der Waals surface area contributed by atoms with E-state index in [1.165, 1.54) is 5.56 Å². The first-order valence-corrected chi connectivity index (χ1v) is 8.70. The van der Waals surface area contributed by atoms with Crippen molar-refractivity contribution in [1.82, 2.24) is 0 Å². The van der Waals surface area contributed by atoms with Crippen molar-refractivity contribution in [2.75, 3.05) is 18.2 Å². The molecule has 0 aliphatic heterocycles. The van der Waals surface area contributed by atoms with Gasteiger partial charge in [-0.05, 0) is 48.2 Å². The molecule has 0 aliphatic carbocycles. The summed E-state index contributed by atoms with van der Waals surface area (Å²) in [5.74, 6) is 1.62. The summed E-state index contributed by atoms with van der Waals surface area (Å²) in [5.41, 5.74) is 2.05. The van der Waals surface area contributed by atoms with Crippen LogP contribution in [0.15, 0.2) is 48.5 Å². The summed E-state index contributed by atoms with van der Waals surface area (Å²) in [4.78, 5) is 11.9. The lowest BCUT2D eigenvalue weighted by atomic mass is 10.2. The molecule has 2 aromatic rings. The molecule has 22 heavy (non-hydrogen) atoms. The zero-order valence-corrected chi connectivity index (χ0v) is 13.9. The maximum absolute atomic E-state index is 11.9. The Kier molecular flexibility index (Phi) is 6.62. The van der Waals surface area contributed by atoms with Gasteiger partial charge in [0, 0.05) is 16.5 Å². The lowest BCUT2D eigenvalue weighted by Crippen LogP contribution is -2.15. The fourth-order valence-corrected chi connectivity index (χ4v) is 2.52. The summed E-state index contributed by atoms with van der Waals surface area (Å²) in [5, 5.41) is 3.52. The van der Waals surface area contributed by atoms with Crippen LogP contribution in [0, 0.1) is 0 Å². The number of thioether (sulfide) groups is 1.